The number of carbonyl (C=O) groups is 2. The number of aliphatic hydroxyl groups is 2. The van der Waals surface area contributed by atoms with Gasteiger partial charge in [-0.05, 0) is 12.8 Å². The molecule has 0 spiro atoms. The SMILES string of the molecule is CCCCCCCCCC(O)C(C(=O)O)C(=O)CC(O)CCCCCCC. The molecular formula is C22H42O5. The molecule has 0 rings (SSSR count). The molecule has 0 bridgehead atoms. The number of carboxylic acids is 1. The summed E-state index contributed by atoms with van der Waals surface area (Å²) in [5.41, 5.74) is 0. The molecule has 0 radical (unpaired) electrons. The van der Waals surface area contributed by atoms with Crippen LogP contribution in [0.1, 0.15) is 110 Å². The predicted octanol–water partition coefficient (Wildman–Crippen LogP) is 4.87. The van der Waals surface area contributed by atoms with Gasteiger partial charge in [-0.3, -0.25) is 9.59 Å². The summed E-state index contributed by atoms with van der Waals surface area (Å²) >= 11 is 0. The third-order valence-electron chi connectivity index (χ3n) is 5.18. The maximum atomic E-state index is 12.3. The predicted molar refractivity (Wildman–Crippen MR) is 109 cm³/mol. The average molecular weight is 387 g/mol. The van der Waals surface area contributed by atoms with Crippen LogP contribution in [0.15, 0.2) is 0 Å². The molecule has 0 heterocycles. The van der Waals surface area contributed by atoms with E-state index in [0.717, 1.165) is 51.4 Å². The number of hydrogen-bond acceptors (Lipinski definition) is 4. The molecule has 0 aliphatic carbocycles. The van der Waals surface area contributed by atoms with E-state index in [2.05, 4.69) is 13.8 Å². The molecule has 5 heteroatoms. The van der Waals surface area contributed by atoms with Gasteiger partial charge >= 0.3 is 5.97 Å². The van der Waals surface area contributed by atoms with Gasteiger partial charge in [0.25, 0.3) is 0 Å². The van der Waals surface area contributed by atoms with E-state index in [1.54, 1.807) is 0 Å². The highest BCUT2D eigenvalue weighted by molar-refractivity contribution is 5.99. The van der Waals surface area contributed by atoms with Crippen LogP contribution in [0.5, 0.6) is 0 Å². The molecule has 0 aliphatic rings. The molecule has 0 aliphatic heterocycles. The first-order valence-corrected chi connectivity index (χ1v) is 11.1. The summed E-state index contributed by atoms with van der Waals surface area (Å²) in [7, 11) is 0. The number of aliphatic hydroxyl groups excluding tert-OH is 2. The molecule has 0 amide bonds. The Morgan fingerprint density at radius 3 is 1.63 bits per heavy atom. The molecule has 27 heavy (non-hydrogen) atoms. The van der Waals surface area contributed by atoms with Crippen molar-refractivity contribution in [2.45, 2.75) is 122 Å². The Morgan fingerprint density at radius 2 is 1.15 bits per heavy atom. The van der Waals surface area contributed by atoms with Crippen LogP contribution in [0.2, 0.25) is 0 Å². The Hall–Kier alpha value is -0.940. The summed E-state index contributed by atoms with van der Waals surface area (Å²) in [5, 5.41) is 29.5. The number of rotatable bonds is 19. The van der Waals surface area contributed by atoms with E-state index in [1.165, 1.54) is 25.7 Å². The molecule has 0 aromatic rings. The van der Waals surface area contributed by atoms with E-state index in [4.69, 9.17) is 0 Å². The second-order valence-corrected chi connectivity index (χ2v) is 7.82. The first-order valence-electron chi connectivity index (χ1n) is 11.1. The molecule has 0 fully saturated rings. The normalized spacial score (nSPS) is 14.7. The zero-order chi connectivity index (χ0) is 20.5. The third kappa shape index (κ3) is 13.8. The fraction of sp³-hybridized carbons (Fsp3) is 0.909. The molecule has 0 saturated heterocycles. The Morgan fingerprint density at radius 1 is 0.704 bits per heavy atom. The first kappa shape index (κ1) is 26.1. The lowest BCUT2D eigenvalue weighted by molar-refractivity contribution is -0.151. The van der Waals surface area contributed by atoms with E-state index >= 15 is 0 Å². The summed E-state index contributed by atoms with van der Waals surface area (Å²) in [6, 6.07) is 0. The van der Waals surface area contributed by atoms with Crippen molar-refractivity contribution in [2.24, 2.45) is 5.92 Å². The topological polar surface area (TPSA) is 94.8 Å². The molecule has 0 aromatic heterocycles. The van der Waals surface area contributed by atoms with Crippen LogP contribution in [-0.4, -0.2) is 39.3 Å². The monoisotopic (exact) mass is 386 g/mol. The Kier molecular flexibility index (Phi) is 16.6. The van der Waals surface area contributed by atoms with Gasteiger partial charge in [-0.1, -0.05) is 90.9 Å². The number of hydrogen-bond donors (Lipinski definition) is 3. The zero-order valence-electron chi connectivity index (χ0n) is 17.5. The smallest absolute Gasteiger partial charge is 0.316 e. The lowest BCUT2D eigenvalue weighted by Crippen LogP contribution is -2.36. The van der Waals surface area contributed by atoms with Gasteiger partial charge in [0.05, 0.1) is 12.2 Å². The van der Waals surface area contributed by atoms with Crippen molar-refractivity contribution in [3.8, 4) is 0 Å². The highest BCUT2D eigenvalue weighted by atomic mass is 16.4. The Labute approximate surface area is 165 Å². The van der Waals surface area contributed by atoms with Crippen molar-refractivity contribution in [1.82, 2.24) is 0 Å². The number of carbonyl (C=O) groups excluding carboxylic acids is 1. The minimum absolute atomic E-state index is 0.182. The number of ketones is 1. The van der Waals surface area contributed by atoms with E-state index in [9.17, 15) is 24.9 Å². The maximum absolute atomic E-state index is 12.3. The van der Waals surface area contributed by atoms with Crippen molar-refractivity contribution in [2.75, 3.05) is 0 Å². The average Bonchev–Trinajstić information content (AvgIpc) is 2.60. The minimum atomic E-state index is -1.42. The number of unbranched alkanes of at least 4 members (excludes halogenated alkanes) is 10. The molecule has 0 aromatic carbocycles. The summed E-state index contributed by atoms with van der Waals surface area (Å²) in [6.07, 6.45) is 11.5. The van der Waals surface area contributed by atoms with Crippen LogP contribution < -0.4 is 0 Å². The Balaban J connectivity index is 4.15. The molecule has 3 atom stereocenters. The summed E-state index contributed by atoms with van der Waals surface area (Å²) in [4.78, 5) is 23.7. The first-order chi connectivity index (χ1) is 12.9. The second-order valence-electron chi connectivity index (χ2n) is 7.82. The van der Waals surface area contributed by atoms with E-state index in [-0.39, 0.29) is 6.42 Å². The maximum Gasteiger partial charge on any atom is 0.316 e. The summed E-state index contributed by atoms with van der Waals surface area (Å²) in [6.45, 7) is 4.31. The van der Waals surface area contributed by atoms with Gasteiger partial charge in [0, 0.05) is 6.42 Å². The van der Waals surface area contributed by atoms with Crippen molar-refractivity contribution in [3.63, 3.8) is 0 Å². The van der Waals surface area contributed by atoms with Crippen LogP contribution in [0.4, 0.5) is 0 Å². The Bertz CT molecular complexity index is 383. The lowest BCUT2D eigenvalue weighted by atomic mass is 9.89. The van der Waals surface area contributed by atoms with Gasteiger partial charge in [-0.15, -0.1) is 0 Å². The molecule has 5 nitrogen and oxygen atoms in total. The van der Waals surface area contributed by atoms with Crippen LogP contribution in [-0.2, 0) is 9.59 Å². The highest BCUT2D eigenvalue weighted by Gasteiger charge is 2.33. The molecule has 160 valence electrons. The van der Waals surface area contributed by atoms with Crippen LogP contribution in [0, 0.1) is 5.92 Å². The van der Waals surface area contributed by atoms with Gasteiger partial charge in [0.2, 0.25) is 0 Å². The summed E-state index contributed by atoms with van der Waals surface area (Å²) in [5.74, 6) is -3.26. The van der Waals surface area contributed by atoms with Crippen molar-refractivity contribution in [3.05, 3.63) is 0 Å². The van der Waals surface area contributed by atoms with Crippen molar-refractivity contribution >= 4 is 11.8 Å². The second kappa shape index (κ2) is 17.2. The molecule has 0 saturated carbocycles. The van der Waals surface area contributed by atoms with E-state index in [1.807, 2.05) is 0 Å². The largest absolute Gasteiger partial charge is 0.481 e. The van der Waals surface area contributed by atoms with E-state index in [0.29, 0.717) is 12.8 Å². The summed E-state index contributed by atoms with van der Waals surface area (Å²) < 4.78 is 0. The van der Waals surface area contributed by atoms with Crippen LogP contribution >= 0.6 is 0 Å². The van der Waals surface area contributed by atoms with Crippen molar-refractivity contribution < 1.29 is 24.9 Å². The van der Waals surface area contributed by atoms with Crippen LogP contribution in [0.25, 0.3) is 0 Å². The van der Waals surface area contributed by atoms with Gasteiger partial charge in [0.1, 0.15) is 5.92 Å². The third-order valence-corrected chi connectivity index (χ3v) is 5.18. The van der Waals surface area contributed by atoms with Gasteiger partial charge in [0.15, 0.2) is 5.78 Å². The fourth-order valence-electron chi connectivity index (χ4n) is 3.44. The minimum Gasteiger partial charge on any atom is -0.481 e. The zero-order valence-corrected chi connectivity index (χ0v) is 17.5. The van der Waals surface area contributed by atoms with Gasteiger partial charge < -0.3 is 15.3 Å². The molecular weight excluding hydrogens is 344 g/mol. The van der Waals surface area contributed by atoms with E-state index < -0.39 is 29.9 Å². The van der Waals surface area contributed by atoms with Crippen molar-refractivity contribution in [1.29, 1.82) is 0 Å². The molecule has 3 N–H and O–H groups in total. The fourth-order valence-corrected chi connectivity index (χ4v) is 3.44. The number of aliphatic carboxylic acids is 1. The highest BCUT2D eigenvalue weighted by Crippen LogP contribution is 2.19. The van der Waals surface area contributed by atoms with Crippen LogP contribution in [0.3, 0.4) is 0 Å². The number of carboxylic acid groups (broad SMARTS) is 1. The standard InChI is InChI=1S/C22H42O5/c1-3-5-7-9-10-12-14-16-19(24)21(22(26)27)20(25)17-18(23)15-13-11-8-6-4-2/h18-19,21,23-24H,3-17H2,1-2H3,(H,26,27). The quantitative estimate of drug-likeness (QED) is 0.217. The van der Waals surface area contributed by atoms with Gasteiger partial charge in [-0.25, -0.2) is 0 Å². The van der Waals surface area contributed by atoms with Gasteiger partial charge in [-0.2, -0.15) is 0 Å². The molecule has 3 unspecified atom stereocenters. The lowest BCUT2D eigenvalue weighted by Gasteiger charge is -2.19. The number of Topliss-reactive ketones (excluding diaryl/α,β-unsaturated/α-hetero) is 1.